The molecule has 2 rings (SSSR count). The summed E-state index contributed by atoms with van der Waals surface area (Å²) in [5, 5.41) is 11.7. The van der Waals surface area contributed by atoms with E-state index < -0.39 is 29.6 Å². The monoisotopic (exact) mass is 448 g/mol. The first-order valence-electron chi connectivity index (χ1n) is 11.1. The van der Waals surface area contributed by atoms with Crippen molar-refractivity contribution in [3.63, 3.8) is 0 Å². The van der Waals surface area contributed by atoms with Crippen LogP contribution >= 0.6 is 0 Å². The lowest BCUT2D eigenvalue weighted by Gasteiger charge is -2.34. The Morgan fingerprint density at radius 2 is 1.81 bits per heavy atom. The minimum atomic E-state index is -0.731. The summed E-state index contributed by atoms with van der Waals surface area (Å²) in [6, 6.07) is 7.72. The van der Waals surface area contributed by atoms with Gasteiger partial charge in [0, 0.05) is 12.8 Å². The third-order valence-electron chi connectivity index (χ3n) is 5.63. The number of amides is 2. The van der Waals surface area contributed by atoms with Gasteiger partial charge in [-0.2, -0.15) is 0 Å². The summed E-state index contributed by atoms with van der Waals surface area (Å²) in [4.78, 5) is 34.2. The molecule has 0 bridgehead atoms. The average Bonchev–Trinajstić information content (AvgIpc) is 2.64. The Kier molecular flexibility index (Phi) is 9.07. The van der Waals surface area contributed by atoms with Crippen molar-refractivity contribution in [3.8, 4) is 0 Å². The smallest absolute Gasteiger partial charge is 0.407 e. The Bertz CT molecular complexity index is 781. The molecule has 4 N–H and O–H groups in total. The van der Waals surface area contributed by atoms with Crippen molar-refractivity contribution in [2.24, 2.45) is 11.7 Å². The second-order valence-electron chi connectivity index (χ2n) is 9.65. The van der Waals surface area contributed by atoms with Gasteiger partial charge in [-0.3, -0.25) is 9.59 Å². The Labute approximate surface area is 189 Å². The minimum absolute atomic E-state index is 0.132. The molecule has 1 fully saturated rings. The number of alkyl carbamates (subject to hydrolysis) is 1. The van der Waals surface area contributed by atoms with Gasteiger partial charge in [0.15, 0.2) is 0 Å². The molecular weight excluding hydrogens is 412 g/mol. The van der Waals surface area contributed by atoms with E-state index >= 15 is 0 Å². The molecule has 0 spiro atoms. The van der Waals surface area contributed by atoms with Gasteiger partial charge in [-0.05, 0) is 69.9 Å². The number of hydrogen-bond donors (Lipinski definition) is 3. The zero-order valence-electron chi connectivity index (χ0n) is 19.4. The number of carboxylic acids is 1. The van der Waals surface area contributed by atoms with Gasteiger partial charge >= 0.3 is 12.1 Å². The van der Waals surface area contributed by atoms with Gasteiger partial charge in [-0.1, -0.05) is 24.3 Å². The quantitative estimate of drug-likeness (QED) is 0.473. The van der Waals surface area contributed by atoms with E-state index in [4.69, 9.17) is 20.3 Å². The fourth-order valence-corrected chi connectivity index (χ4v) is 3.83. The Morgan fingerprint density at radius 1 is 1.19 bits per heavy atom. The SMILES string of the molecule is C[C@@H](OCc1ccc(C2CC(CC(=O)O)C2)cc1)[C@H](CCC(N)=O)NC(=O)OC(C)(C)C. The summed E-state index contributed by atoms with van der Waals surface area (Å²) < 4.78 is 11.3. The second kappa shape index (κ2) is 11.3. The summed E-state index contributed by atoms with van der Waals surface area (Å²) in [5.74, 6) is -0.476. The number of benzene rings is 1. The van der Waals surface area contributed by atoms with Crippen molar-refractivity contribution in [2.45, 2.75) is 90.1 Å². The molecule has 1 aromatic carbocycles. The van der Waals surface area contributed by atoms with Crippen molar-refractivity contribution < 1.29 is 29.0 Å². The number of carbonyl (C=O) groups excluding carboxylic acids is 2. The van der Waals surface area contributed by atoms with Crippen LogP contribution in [0.15, 0.2) is 24.3 Å². The molecule has 0 heterocycles. The molecule has 32 heavy (non-hydrogen) atoms. The van der Waals surface area contributed by atoms with Crippen LogP contribution in [0, 0.1) is 5.92 Å². The van der Waals surface area contributed by atoms with E-state index in [1.54, 1.807) is 20.8 Å². The predicted octanol–water partition coefficient (Wildman–Crippen LogP) is 3.72. The molecule has 178 valence electrons. The number of carbonyl (C=O) groups is 3. The molecule has 8 nitrogen and oxygen atoms in total. The lowest BCUT2D eigenvalue weighted by molar-refractivity contribution is -0.138. The predicted molar refractivity (Wildman–Crippen MR) is 120 cm³/mol. The molecule has 2 amide bonds. The van der Waals surface area contributed by atoms with E-state index in [9.17, 15) is 14.4 Å². The van der Waals surface area contributed by atoms with Gasteiger partial charge in [0.1, 0.15) is 5.60 Å². The van der Waals surface area contributed by atoms with Gasteiger partial charge in [0.25, 0.3) is 0 Å². The lowest BCUT2D eigenvalue weighted by Crippen LogP contribution is -2.45. The largest absolute Gasteiger partial charge is 0.481 e. The van der Waals surface area contributed by atoms with E-state index in [-0.39, 0.29) is 24.9 Å². The zero-order valence-corrected chi connectivity index (χ0v) is 19.4. The fourth-order valence-electron chi connectivity index (χ4n) is 3.83. The maximum absolute atomic E-state index is 12.2. The highest BCUT2D eigenvalue weighted by Gasteiger charge is 2.31. The first-order valence-corrected chi connectivity index (χ1v) is 11.1. The van der Waals surface area contributed by atoms with E-state index in [0.717, 1.165) is 18.4 Å². The molecule has 8 heteroatoms. The van der Waals surface area contributed by atoms with E-state index in [0.29, 0.717) is 18.9 Å². The lowest BCUT2D eigenvalue weighted by atomic mass is 9.70. The molecule has 0 radical (unpaired) electrons. The van der Waals surface area contributed by atoms with Gasteiger partial charge in [-0.15, -0.1) is 0 Å². The number of aliphatic carboxylic acids is 1. The third kappa shape index (κ3) is 8.86. The van der Waals surface area contributed by atoms with E-state index in [1.807, 2.05) is 19.1 Å². The number of ether oxygens (including phenoxy) is 2. The van der Waals surface area contributed by atoms with E-state index in [2.05, 4.69) is 17.4 Å². The second-order valence-corrected chi connectivity index (χ2v) is 9.65. The average molecular weight is 449 g/mol. The third-order valence-corrected chi connectivity index (χ3v) is 5.63. The molecule has 2 atom stereocenters. The van der Waals surface area contributed by atoms with Crippen LogP contribution in [0.25, 0.3) is 0 Å². The highest BCUT2D eigenvalue weighted by molar-refractivity contribution is 5.74. The van der Waals surface area contributed by atoms with Crippen LogP contribution in [-0.2, 0) is 25.7 Å². The number of nitrogens with two attached hydrogens (primary N) is 1. The summed E-state index contributed by atoms with van der Waals surface area (Å²) in [5.41, 5.74) is 6.86. The molecule has 1 saturated carbocycles. The molecule has 1 aromatic rings. The van der Waals surface area contributed by atoms with Gasteiger partial charge < -0.3 is 25.6 Å². The van der Waals surface area contributed by atoms with Crippen LogP contribution in [0.2, 0.25) is 0 Å². The first-order chi connectivity index (χ1) is 14.9. The maximum atomic E-state index is 12.2. The molecule has 1 aliphatic rings. The molecular formula is C24H36N2O6. The van der Waals surface area contributed by atoms with Crippen molar-refractivity contribution in [3.05, 3.63) is 35.4 Å². The van der Waals surface area contributed by atoms with Gasteiger partial charge in [0.05, 0.1) is 18.8 Å². The molecule has 0 aromatic heterocycles. The summed E-state index contributed by atoms with van der Waals surface area (Å²) in [7, 11) is 0. The van der Waals surface area contributed by atoms with Crippen LogP contribution < -0.4 is 11.1 Å². The van der Waals surface area contributed by atoms with Crippen LogP contribution in [-0.4, -0.2) is 40.8 Å². The standard InChI is InChI=1S/C24H36N2O6/c1-15(20(9-10-21(25)27)26-23(30)32-24(2,3)4)31-14-16-5-7-18(8-6-16)19-11-17(12-19)13-22(28)29/h5-8,15,17,19-20H,9-14H2,1-4H3,(H2,25,27)(H,26,30)(H,28,29)/t15-,17?,19?,20+/m1/s1. The Morgan fingerprint density at radius 3 is 2.34 bits per heavy atom. The highest BCUT2D eigenvalue weighted by atomic mass is 16.6. The molecule has 1 aliphatic carbocycles. The Balaban J connectivity index is 1.86. The summed E-state index contributed by atoms with van der Waals surface area (Å²) in [6.07, 6.45) is 1.64. The maximum Gasteiger partial charge on any atom is 0.407 e. The van der Waals surface area contributed by atoms with Crippen LogP contribution in [0.4, 0.5) is 4.79 Å². The molecule has 0 aliphatic heterocycles. The summed E-state index contributed by atoms with van der Waals surface area (Å²) in [6.45, 7) is 7.55. The van der Waals surface area contributed by atoms with Gasteiger partial charge in [-0.25, -0.2) is 4.79 Å². The first kappa shape index (κ1) is 25.6. The number of carboxylic acid groups (broad SMARTS) is 1. The normalized spacial score (nSPS) is 20.0. The zero-order chi connectivity index (χ0) is 23.9. The Hall–Kier alpha value is -2.61. The number of hydrogen-bond acceptors (Lipinski definition) is 5. The van der Waals surface area contributed by atoms with Crippen molar-refractivity contribution in [1.29, 1.82) is 0 Å². The van der Waals surface area contributed by atoms with Crippen LogP contribution in [0.5, 0.6) is 0 Å². The van der Waals surface area contributed by atoms with Crippen LogP contribution in [0.3, 0.4) is 0 Å². The number of nitrogens with one attached hydrogen (secondary N) is 1. The minimum Gasteiger partial charge on any atom is -0.481 e. The summed E-state index contributed by atoms with van der Waals surface area (Å²) >= 11 is 0. The highest BCUT2D eigenvalue weighted by Crippen LogP contribution is 2.43. The number of rotatable bonds is 11. The van der Waals surface area contributed by atoms with Crippen molar-refractivity contribution in [1.82, 2.24) is 5.32 Å². The van der Waals surface area contributed by atoms with Crippen molar-refractivity contribution >= 4 is 18.0 Å². The van der Waals surface area contributed by atoms with Crippen LogP contribution in [0.1, 0.15) is 76.8 Å². The number of primary amides is 1. The molecule has 0 unspecified atom stereocenters. The molecule has 0 saturated heterocycles. The van der Waals surface area contributed by atoms with E-state index in [1.165, 1.54) is 5.56 Å². The van der Waals surface area contributed by atoms with Gasteiger partial charge in [0.2, 0.25) is 5.91 Å². The topological polar surface area (TPSA) is 128 Å². The van der Waals surface area contributed by atoms with Crippen molar-refractivity contribution in [2.75, 3.05) is 0 Å². The fraction of sp³-hybridized carbons (Fsp3) is 0.625.